The maximum atomic E-state index is 11.9. The average Bonchev–Trinajstić information content (AvgIpc) is 3.11. The molecule has 1 aliphatic rings. The lowest BCUT2D eigenvalue weighted by atomic mass is 10.2. The Morgan fingerprint density at radius 1 is 1.13 bits per heavy atom. The van der Waals surface area contributed by atoms with Crippen LogP contribution in [0.5, 0.6) is 0 Å². The second-order valence-corrected chi connectivity index (χ2v) is 6.79. The van der Waals surface area contributed by atoms with Gasteiger partial charge >= 0.3 is 0 Å². The minimum atomic E-state index is 0.0195. The number of nitrogens with zero attached hydrogens (tertiary/aromatic N) is 2. The minimum Gasteiger partial charge on any atom is -0.369 e. The highest BCUT2D eigenvalue weighted by Gasteiger charge is 2.17. The molecule has 23 heavy (non-hydrogen) atoms. The summed E-state index contributed by atoms with van der Waals surface area (Å²) in [5.74, 6) is 0.0195. The first-order chi connectivity index (χ1) is 11.2. The molecule has 1 N–H and O–H groups in total. The summed E-state index contributed by atoms with van der Waals surface area (Å²) in [5, 5.41) is 7.55. The van der Waals surface area contributed by atoms with Gasteiger partial charge in [-0.2, -0.15) is 11.3 Å². The number of benzene rings is 1. The number of hydrogen-bond acceptors (Lipinski definition) is 4. The summed E-state index contributed by atoms with van der Waals surface area (Å²) in [4.78, 5) is 16.6. The number of piperazine rings is 1. The van der Waals surface area contributed by atoms with Crippen LogP contribution in [0.25, 0.3) is 0 Å². The number of amides is 1. The third-order valence-corrected chi connectivity index (χ3v) is 5.00. The Morgan fingerprint density at radius 3 is 2.52 bits per heavy atom. The van der Waals surface area contributed by atoms with Crippen molar-refractivity contribution in [3.63, 3.8) is 0 Å². The van der Waals surface area contributed by atoms with E-state index in [9.17, 15) is 4.79 Å². The number of carbonyl (C=O) groups excluding carboxylic acids is 1. The molecule has 1 aromatic heterocycles. The molecule has 122 valence electrons. The van der Waals surface area contributed by atoms with Crippen LogP contribution in [0.4, 0.5) is 5.69 Å². The Hall–Kier alpha value is -1.56. The summed E-state index contributed by atoms with van der Waals surface area (Å²) in [6.07, 6.45) is 0. The molecule has 0 unspecified atom stereocenters. The van der Waals surface area contributed by atoms with Gasteiger partial charge in [-0.05, 0) is 35.7 Å². The lowest BCUT2D eigenvalue weighted by Crippen LogP contribution is -2.48. The predicted molar refractivity (Wildman–Crippen MR) is 96.8 cm³/mol. The first kappa shape index (κ1) is 16.3. The normalized spacial score (nSPS) is 15.6. The minimum absolute atomic E-state index is 0.0195. The molecule has 1 saturated heterocycles. The average molecular weight is 350 g/mol. The number of carbonyl (C=O) groups is 1. The number of thiophene rings is 1. The van der Waals surface area contributed by atoms with Crippen molar-refractivity contribution in [3.8, 4) is 0 Å². The first-order valence-electron chi connectivity index (χ1n) is 7.75. The molecule has 0 saturated carbocycles. The molecule has 4 nitrogen and oxygen atoms in total. The van der Waals surface area contributed by atoms with E-state index in [-0.39, 0.29) is 5.91 Å². The molecule has 6 heteroatoms. The van der Waals surface area contributed by atoms with E-state index in [1.54, 1.807) is 11.3 Å². The maximum Gasteiger partial charge on any atom is 0.252 e. The third kappa shape index (κ3) is 4.47. The molecule has 2 aromatic rings. The smallest absolute Gasteiger partial charge is 0.252 e. The van der Waals surface area contributed by atoms with Gasteiger partial charge in [0.2, 0.25) is 0 Å². The van der Waals surface area contributed by atoms with Crippen molar-refractivity contribution in [2.24, 2.45) is 0 Å². The summed E-state index contributed by atoms with van der Waals surface area (Å²) in [5.41, 5.74) is 1.97. The van der Waals surface area contributed by atoms with Crippen LogP contribution < -0.4 is 10.2 Å². The molecule has 0 atom stereocenters. The summed E-state index contributed by atoms with van der Waals surface area (Å²) < 4.78 is 0. The molecule has 1 aromatic carbocycles. The van der Waals surface area contributed by atoms with Crippen LogP contribution in [0.3, 0.4) is 0 Å². The summed E-state index contributed by atoms with van der Waals surface area (Å²) >= 11 is 7.48. The number of hydrogen-bond donors (Lipinski definition) is 1. The van der Waals surface area contributed by atoms with Gasteiger partial charge in [-0.25, -0.2) is 0 Å². The highest BCUT2D eigenvalue weighted by Crippen LogP contribution is 2.19. The van der Waals surface area contributed by atoms with E-state index in [2.05, 4.69) is 27.2 Å². The van der Waals surface area contributed by atoms with Gasteiger partial charge in [0.05, 0.1) is 0 Å². The highest BCUT2D eigenvalue weighted by molar-refractivity contribution is 7.08. The van der Waals surface area contributed by atoms with Gasteiger partial charge in [0.25, 0.3) is 5.91 Å². The first-order valence-corrected chi connectivity index (χ1v) is 9.08. The van der Waals surface area contributed by atoms with Crippen LogP contribution in [0, 0.1) is 0 Å². The number of anilines is 1. The van der Waals surface area contributed by atoms with Gasteiger partial charge in [-0.3, -0.25) is 9.69 Å². The van der Waals surface area contributed by atoms with Crippen molar-refractivity contribution in [1.82, 2.24) is 10.2 Å². The van der Waals surface area contributed by atoms with Crippen molar-refractivity contribution in [3.05, 3.63) is 51.7 Å². The molecular weight excluding hydrogens is 330 g/mol. The zero-order chi connectivity index (χ0) is 16.1. The van der Waals surface area contributed by atoms with E-state index >= 15 is 0 Å². The number of rotatable bonds is 5. The Kier molecular flexibility index (Phi) is 5.54. The van der Waals surface area contributed by atoms with Crippen LogP contribution >= 0.6 is 22.9 Å². The van der Waals surface area contributed by atoms with Crippen molar-refractivity contribution >= 4 is 34.5 Å². The zero-order valence-corrected chi connectivity index (χ0v) is 14.4. The second kappa shape index (κ2) is 7.81. The van der Waals surface area contributed by atoms with Crippen molar-refractivity contribution < 1.29 is 4.79 Å². The van der Waals surface area contributed by atoms with Gasteiger partial charge in [0.15, 0.2) is 0 Å². The SMILES string of the molecule is O=C(NCCN1CCN(c2ccc(Cl)cc2)CC1)c1ccsc1. The Bertz CT molecular complexity index is 622. The molecule has 2 heterocycles. The van der Waals surface area contributed by atoms with E-state index in [1.807, 2.05) is 29.0 Å². The molecule has 1 amide bonds. The van der Waals surface area contributed by atoms with Gasteiger partial charge in [-0.15, -0.1) is 0 Å². The van der Waals surface area contributed by atoms with Gasteiger partial charge < -0.3 is 10.2 Å². The Labute approximate surface area is 145 Å². The Morgan fingerprint density at radius 2 is 1.87 bits per heavy atom. The van der Waals surface area contributed by atoms with E-state index in [1.165, 1.54) is 5.69 Å². The molecule has 0 radical (unpaired) electrons. The standard InChI is InChI=1S/C17H20ClN3OS/c18-15-1-3-16(4-2-15)21-10-8-20(9-11-21)7-6-19-17(22)14-5-12-23-13-14/h1-5,12-13H,6-11H2,(H,19,22). The highest BCUT2D eigenvalue weighted by atomic mass is 35.5. The van der Waals surface area contributed by atoms with Gasteiger partial charge in [0.1, 0.15) is 0 Å². The van der Waals surface area contributed by atoms with Gasteiger partial charge in [0, 0.05) is 60.9 Å². The van der Waals surface area contributed by atoms with Crippen LogP contribution in [0.1, 0.15) is 10.4 Å². The third-order valence-electron chi connectivity index (χ3n) is 4.06. The summed E-state index contributed by atoms with van der Waals surface area (Å²) in [6, 6.07) is 9.86. The topological polar surface area (TPSA) is 35.6 Å². The summed E-state index contributed by atoms with van der Waals surface area (Å²) in [7, 11) is 0. The number of nitrogens with one attached hydrogen (secondary N) is 1. The molecular formula is C17H20ClN3OS. The molecule has 1 aliphatic heterocycles. The Balaban J connectivity index is 1.39. The molecule has 1 fully saturated rings. The van der Waals surface area contributed by atoms with Crippen molar-refractivity contribution in [2.75, 3.05) is 44.2 Å². The van der Waals surface area contributed by atoms with Crippen LogP contribution in [0.15, 0.2) is 41.1 Å². The van der Waals surface area contributed by atoms with E-state index in [0.717, 1.165) is 43.3 Å². The summed E-state index contributed by atoms with van der Waals surface area (Å²) in [6.45, 7) is 5.61. The van der Waals surface area contributed by atoms with Gasteiger partial charge in [-0.1, -0.05) is 11.6 Å². The predicted octanol–water partition coefficient (Wildman–Crippen LogP) is 2.95. The molecule has 3 rings (SSSR count). The number of halogens is 1. The fourth-order valence-corrected chi connectivity index (χ4v) is 3.47. The quantitative estimate of drug-likeness (QED) is 0.901. The maximum absolute atomic E-state index is 11.9. The van der Waals surface area contributed by atoms with Crippen molar-refractivity contribution in [2.45, 2.75) is 0 Å². The van der Waals surface area contributed by atoms with Crippen LogP contribution in [-0.2, 0) is 0 Å². The fraction of sp³-hybridized carbons (Fsp3) is 0.353. The second-order valence-electron chi connectivity index (χ2n) is 5.57. The molecule has 0 bridgehead atoms. The lowest BCUT2D eigenvalue weighted by molar-refractivity contribution is 0.0948. The fourth-order valence-electron chi connectivity index (χ4n) is 2.70. The molecule has 0 aliphatic carbocycles. The van der Waals surface area contributed by atoms with Crippen LogP contribution in [-0.4, -0.2) is 50.1 Å². The van der Waals surface area contributed by atoms with E-state index in [0.29, 0.717) is 6.54 Å². The van der Waals surface area contributed by atoms with Crippen LogP contribution in [0.2, 0.25) is 5.02 Å². The largest absolute Gasteiger partial charge is 0.369 e. The zero-order valence-electron chi connectivity index (χ0n) is 12.9. The van der Waals surface area contributed by atoms with Crippen molar-refractivity contribution in [1.29, 1.82) is 0 Å². The van der Waals surface area contributed by atoms with E-state index in [4.69, 9.17) is 11.6 Å². The lowest BCUT2D eigenvalue weighted by Gasteiger charge is -2.36. The monoisotopic (exact) mass is 349 g/mol. The molecule has 0 spiro atoms. The van der Waals surface area contributed by atoms with E-state index < -0.39 is 0 Å².